The first-order chi connectivity index (χ1) is 21.1. The van der Waals surface area contributed by atoms with Gasteiger partial charge in [-0.1, -0.05) is 98.5 Å². The van der Waals surface area contributed by atoms with Crippen molar-refractivity contribution >= 4 is 17.8 Å². The Morgan fingerprint density at radius 3 is 2.18 bits per heavy atom. The summed E-state index contributed by atoms with van der Waals surface area (Å²) < 4.78 is 0. The minimum Gasteiger partial charge on any atom is -0.374 e. The van der Waals surface area contributed by atoms with Crippen molar-refractivity contribution in [3.05, 3.63) is 126 Å². The minimum atomic E-state index is 0. The van der Waals surface area contributed by atoms with Gasteiger partial charge in [-0.05, 0) is 75.1 Å². The van der Waals surface area contributed by atoms with Crippen molar-refractivity contribution in [1.82, 2.24) is 9.80 Å². The van der Waals surface area contributed by atoms with Crippen LogP contribution in [0.25, 0.3) is 6.08 Å². The highest BCUT2D eigenvalue weighted by Crippen LogP contribution is 2.22. The highest BCUT2D eigenvalue weighted by molar-refractivity contribution is 5.94. The first kappa shape index (κ1) is 37.6. The number of Topliss-reactive ketones (excluding diaryl/α,β-unsaturated/α-hetero) is 1. The van der Waals surface area contributed by atoms with Crippen LogP contribution in [0.5, 0.6) is 0 Å². The summed E-state index contributed by atoms with van der Waals surface area (Å²) in [6.07, 6.45) is 16.5. The molecule has 2 aromatic carbocycles. The van der Waals surface area contributed by atoms with Crippen LogP contribution in [0.3, 0.4) is 0 Å². The lowest BCUT2D eigenvalue weighted by Gasteiger charge is -2.28. The maximum atomic E-state index is 11.4. The zero-order valence-corrected chi connectivity index (χ0v) is 27.5. The number of amides is 1. The lowest BCUT2D eigenvalue weighted by atomic mass is 9.97. The van der Waals surface area contributed by atoms with Crippen molar-refractivity contribution in [3.63, 3.8) is 0 Å². The van der Waals surface area contributed by atoms with Crippen LogP contribution < -0.4 is 0 Å². The molecule has 5 heteroatoms. The summed E-state index contributed by atoms with van der Waals surface area (Å²) in [6.45, 7) is 15.1. The van der Waals surface area contributed by atoms with Gasteiger partial charge < -0.3 is 14.6 Å². The van der Waals surface area contributed by atoms with Gasteiger partial charge in [0.1, 0.15) is 5.78 Å². The first-order valence-electron chi connectivity index (χ1n) is 15.4. The topological polar surface area (TPSA) is 64.4 Å². The molecule has 0 aromatic heterocycles. The van der Waals surface area contributed by atoms with E-state index in [4.69, 9.17) is 0 Å². The number of benzene rings is 2. The summed E-state index contributed by atoms with van der Waals surface area (Å²) in [7, 11) is 3.48. The van der Waals surface area contributed by atoms with Gasteiger partial charge in [-0.2, -0.15) is 5.26 Å². The summed E-state index contributed by atoms with van der Waals surface area (Å²) >= 11 is 0. The van der Waals surface area contributed by atoms with Gasteiger partial charge >= 0.3 is 0 Å². The molecule has 0 radical (unpaired) electrons. The average molecular weight is 596 g/mol. The standard InChI is InChI=1S/C28H38N2O.C11H13NO.H2/c1-5-6-8-13-24(2)14-11-18-28(19-21-29)30(22-12-15-26(4)31)23-20-25(3)27-16-9-7-10-17-27;1-4-9-5-7-10(8-6-9)11(13)12(2)3;/h5-10,13,16-17,19,25H,1,11-12,14-15,18,20,22-23H2,2-4H3;4-8H,1H2,2-3H3;1H/b8-6-,24-13-,28-19-;;/t25-;;/m0../s1. The molecular weight excluding hydrogens is 542 g/mol. The second-order valence-electron chi connectivity index (χ2n) is 11.2. The molecule has 236 valence electrons. The predicted octanol–water partition coefficient (Wildman–Crippen LogP) is 9.40. The summed E-state index contributed by atoms with van der Waals surface area (Å²) in [6, 6.07) is 20.2. The van der Waals surface area contributed by atoms with E-state index in [0.717, 1.165) is 56.5 Å². The molecule has 0 saturated heterocycles. The van der Waals surface area contributed by atoms with E-state index in [-0.39, 0.29) is 13.1 Å². The molecule has 0 spiro atoms. The van der Waals surface area contributed by atoms with Gasteiger partial charge in [0.05, 0.1) is 6.07 Å². The van der Waals surface area contributed by atoms with E-state index >= 15 is 0 Å². The van der Waals surface area contributed by atoms with E-state index in [1.807, 2.05) is 30.4 Å². The summed E-state index contributed by atoms with van der Waals surface area (Å²) in [5.41, 5.74) is 5.47. The third kappa shape index (κ3) is 15.7. The highest BCUT2D eigenvalue weighted by Gasteiger charge is 2.13. The van der Waals surface area contributed by atoms with Crippen molar-refractivity contribution in [2.75, 3.05) is 27.2 Å². The molecule has 0 aliphatic carbocycles. The summed E-state index contributed by atoms with van der Waals surface area (Å²) in [5.74, 6) is 0.689. The Labute approximate surface area is 268 Å². The fourth-order valence-electron chi connectivity index (χ4n) is 4.56. The van der Waals surface area contributed by atoms with Gasteiger partial charge in [0.25, 0.3) is 5.91 Å². The van der Waals surface area contributed by atoms with Crippen molar-refractivity contribution < 1.29 is 11.0 Å². The van der Waals surface area contributed by atoms with Gasteiger partial charge in [-0.3, -0.25) is 4.79 Å². The number of nitriles is 1. The van der Waals surface area contributed by atoms with Crippen LogP contribution in [0.4, 0.5) is 0 Å². The molecule has 1 atom stereocenters. The smallest absolute Gasteiger partial charge is 0.253 e. The van der Waals surface area contributed by atoms with Crippen molar-refractivity contribution in [1.29, 1.82) is 5.26 Å². The maximum Gasteiger partial charge on any atom is 0.253 e. The van der Waals surface area contributed by atoms with Crippen LogP contribution in [0.2, 0.25) is 0 Å². The number of rotatable bonds is 17. The predicted molar refractivity (Wildman–Crippen MR) is 188 cm³/mol. The Balaban J connectivity index is 0.00000115. The second kappa shape index (κ2) is 22.2. The molecule has 0 bridgehead atoms. The number of ketones is 1. The van der Waals surface area contributed by atoms with Crippen LogP contribution in [0.1, 0.15) is 88.1 Å². The Bertz CT molecular complexity index is 1300. The largest absolute Gasteiger partial charge is 0.374 e. The number of carbonyl (C=O) groups excluding carboxylic acids is 2. The lowest BCUT2D eigenvalue weighted by molar-refractivity contribution is -0.117. The molecule has 2 aromatic rings. The number of hydrogen-bond acceptors (Lipinski definition) is 4. The van der Waals surface area contributed by atoms with E-state index in [9.17, 15) is 14.9 Å². The van der Waals surface area contributed by atoms with Crippen LogP contribution in [0.15, 0.2) is 109 Å². The highest BCUT2D eigenvalue weighted by atomic mass is 16.2. The van der Waals surface area contributed by atoms with Gasteiger partial charge in [0.2, 0.25) is 0 Å². The van der Waals surface area contributed by atoms with Crippen molar-refractivity contribution in [2.24, 2.45) is 0 Å². The fraction of sp³-hybridized carbons (Fsp3) is 0.359. The fourth-order valence-corrected chi connectivity index (χ4v) is 4.56. The van der Waals surface area contributed by atoms with E-state index in [2.05, 4.69) is 68.3 Å². The number of carbonyl (C=O) groups is 2. The minimum absolute atomic E-state index is 0. The third-order valence-corrected chi connectivity index (χ3v) is 7.23. The molecule has 5 nitrogen and oxygen atoms in total. The monoisotopic (exact) mass is 595 g/mol. The SMILES string of the molecule is C=C/C=C\C=C(\C)CCC/C(=C/C#N)N(CCCC(C)=O)CC[C@H](C)c1ccccc1.C=Cc1ccc(C(=O)N(C)C)cc1.[HH]. The zero-order chi connectivity index (χ0) is 32.7. The Morgan fingerprint density at radius 1 is 0.932 bits per heavy atom. The van der Waals surface area contributed by atoms with Crippen LogP contribution in [-0.2, 0) is 4.79 Å². The Kier molecular flexibility index (Phi) is 18.9. The molecule has 0 N–H and O–H groups in total. The molecule has 0 unspecified atom stereocenters. The average Bonchev–Trinajstić information content (AvgIpc) is 3.02. The lowest BCUT2D eigenvalue weighted by Crippen LogP contribution is -2.27. The summed E-state index contributed by atoms with van der Waals surface area (Å²) in [5, 5.41) is 9.37. The number of hydrogen-bond donors (Lipinski definition) is 0. The number of nitrogens with zero attached hydrogens (tertiary/aromatic N) is 3. The third-order valence-electron chi connectivity index (χ3n) is 7.23. The molecular formula is C39H53N3O2. The van der Waals surface area contributed by atoms with Gasteiger partial charge in [-0.15, -0.1) is 0 Å². The molecule has 0 saturated carbocycles. The molecule has 0 aliphatic heterocycles. The van der Waals surface area contributed by atoms with Gasteiger partial charge in [0, 0.05) is 52.4 Å². The molecule has 0 fully saturated rings. The van der Waals surface area contributed by atoms with E-state index < -0.39 is 0 Å². The quantitative estimate of drug-likeness (QED) is 0.135. The van der Waals surface area contributed by atoms with Crippen molar-refractivity contribution in [2.45, 2.75) is 65.2 Å². The summed E-state index contributed by atoms with van der Waals surface area (Å²) in [4.78, 5) is 26.7. The van der Waals surface area contributed by atoms with E-state index in [0.29, 0.717) is 17.9 Å². The Hall–Kier alpha value is -4.43. The second-order valence-corrected chi connectivity index (χ2v) is 11.2. The van der Waals surface area contributed by atoms with Gasteiger partial charge in [-0.25, -0.2) is 0 Å². The Morgan fingerprint density at radius 2 is 1.61 bits per heavy atom. The van der Waals surface area contributed by atoms with Crippen LogP contribution >= 0.6 is 0 Å². The van der Waals surface area contributed by atoms with Crippen molar-refractivity contribution in [3.8, 4) is 6.07 Å². The van der Waals surface area contributed by atoms with Crippen LogP contribution in [-0.4, -0.2) is 48.7 Å². The zero-order valence-electron chi connectivity index (χ0n) is 27.5. The van der Waals surface area contributed by atoms with E-state index in [1.54, 1.807) is 56.3 Å². The molecule has 0 heterocycles. The van der Waals surface area contributed by atoms with Gasteiger partial charge in [0.15, 0.2) is 0 Å². The molecule has 44 heavy (non-hydrogen) atoms. The van der Waals surface area contributed by atoms with E-state index in [1.165, 1.54) is 11.1 Å². The maximum absolute atomic E-state index is 11.4. The molecule has 0 aliphatic rings. The molecule has 2 rings (SSSR count). The molecule has 1 amide bonds. The normalized spacial score (nSPS) is 12.0. The van der Waals surface area contributed by atoms with Crippen LogP contribution in [0, 0.1) is 11.3 Å². The number of allylic oxidation sites excluding steroid dienone is 7. The first-order valence-corrected chi connectivity index (χ1v) is 15.4.